The Morgan fingerprint density at radius 3 is 2.75 bits per heavy atom. The van der Waals surface area contributed by atoms with Crippen LogP contribution in [0.25, 0.3) is 11.0 Å². The highest BCUT2D eigenvalue weighted by molar-refractivity contribution is 6.31. The van der Waals surface area contributed by atoms with E-state index in [1.807, 2.05) is 0 Å². The Balaban J connectivity index is 2.41. The first-order chi connectivity index (χ1) is 9.40. The van der Waals surface area contributed by atoms with Gasteiger partial charge in [-0.25, -0.2) is 9.18 Å². The first-order valence-electron chi connectivity index (χ1n) is 5.68. The number of carbonyl (C=O) groups is 1. The lowest BCUT2D eigenvalue weighted by molar-refractivity contribution is 0.0694. The maximum Gasteiger partial charge on any atom is 0.341 e. The molecule has 0 amide bonds. The lowest BCUT2D eigenvalue weighted by Gasteiger charge is -2.10. The molecule has 1 fully saturated rings. The lowest BCUT2D eigenvalue weighted by atomic mass is 10.2. The number of alkyl halides is 1. The molecule has 2 unspecified atom stereocenters. The molecule has 2 atom stereocenters. The van der Waals surface area contributed by atoms with Crippen molar-refractivity contribution in [2.75, 3.05) is 0 Å². The van der Waals surface area contributed by atoms with Crippen LogP contribution < -0.4 is 5.43 Å². The molecule has 20 heavy (non-hydrogen) atoms. The highest BCUT2D eigenvalue weighted by Crippen LogP contribution is 2.40. The third kappa shape index (κ3) is 1.85. The number of pyridine rings is 2. The predicted octanol–water partition coefficient (Wildman–Crippen LogP) is 2.17. The number of aromatic carboxylic acids is 1. The van der Waals surface area contributed by atoms with Gasteiger partial charge in [0.1, 0.15) is 17.4 Å². The zero-order chi connectivity index (χ0) is 14.6. The summed E-state index contributed by atoms with van der Waals surface area (Å²) in [6, 6.07) is 0.379. The fourth-order valence-electron chi connectivity index (χ4n) is 2.07. The van der Waals surface area contributed by atoms with Gasteiger partial charge < -0.3 is 9.67 Å². The summed E-state index contributed by atoms with van der Waals surface area (Å²) < 4.78 is 27.8. The molecule has 0 saturated heterocycles. The smallest absolute Gasteiger partial charge is 0.341 e. The van der Waals surface area contributed by atoms with Gasteiger partial charge in [-0.05, 0) is 6.07 Å². The Bertz CT molecular complexity index is 805. The van der Waals surface area contributed by atoms with Crippen LogP contribution in [0.3, 0.4) is 0 Å². The molecule has 0 aliphatic heterocycles. The second kappa shape index (κ2) is 4.24. The Morgan fingerprint density at radius 2 is 2.20 bits per heavy atom. The Kier molecular flexibility index (Phi) is 2.75. The largest absolute Gasteiger partial charge is 0.477 e. The number of halogens is 3. The van der Waals surface area contributed by atoms with Crippen LogP contribution in [0, 0.1) is 5.95 Å². The molecule has 0 aromatic carbocycles. The van der Waals surface area contributed by atoms with E-state index in [9.17, 15) is 18.4 Å². The molecule has 8 heteroatoms. The number of aromatic nitrogens is 2. The van der Waals surface area contributed by atoms with Crippen LogP contribution in [-0.2, 0) is 0 Å². The van der Waals surface area contributed by atoms with Gasteiger partial charge in [-0.1, -0.05) is 11.6 Å². The summed E-state index contributed by atoms with van der Waals surface area (Å²) in [6.45, 7) is 0. The zero-order valence-corrected chi connectivity index (χ0v) is 10.6. The number of carboxylic acids is 1. The molecule has 2 aromatic heterocycles. The van der Waals surface area contributed by atoms with Crippen LogP contribution in [0.15, 0.2) is 17.1 Å². The fraction of sp³-hybridized carbons (Fsp3) is 0.250. The highest BCUT2D eigenvalue weighted by atomic mass is 35.5. The van der Waals surface area contributed by atoms with Gasteiger partial charge in [0.15, 0.2) is 0 Å². The standard InChI is InChI=1S/C12H7ClF2N2O3/c13-6-1-4-9(18)5(12(19)20)3-17(8-2-7(8)14)11(4)16-10(6)15/h1,3,7-8H,2H2,(H,19,20). The van der Waals surface area contributed by atoms with Gasteiger partial charge in [-0.15, -0.1) is 0 Å². The van der Waals surface area contributed by atoms with Gasteiger partial charge in [0.25, 0.3) is 0 Å². The minimum atomic E-state index is -1.44. The summed E-state index contributed by atoms with van der Waals surface area (Å²) in [7, 11) is 0. The molecule has 2 heterocycles. The van der Waals surface area contributed by atoms with E-state index in [0.717, 1.165) is 12.3 Å². The molecule has 3 rings (SSSR count). The van der Waals surface area contributed by atoms with E-state index in [1.54, 1.807) is 0 Å². The second-order valence-electron chi connectivity index (χ2n) is 4.54. The van der Waals surface area contributed by atoms with E-state index < -0.39 is 40.1 Å². The number of carboxylic acid groups (broad SMARTS) is 1. The van der Waals surface area contributed by atoms with Crippen molar-refractivity contribution in [2.24, 2.45) is 0 Å². The minimum Gasteiger partial charge on any atom is -0.477 e. The minimum absolute atomic E-state index is 0.105. The monoisotopic (exact) mass is 300 g/mol. The van der Waals surface area contributed by atoms with E-state index in [2.05, 4.69) is 4.98 Å². The lowest BCUT2D eigenvalue weighted by Crippen LogP contribution is -2.20. The van der Waals surface area contributed by atoms with Crippen molar-refractivity contribution in [3.8, 4) is 0 Å². The van der Waals surface area contributed by atoms with Crippen LogP contribution in [0.2, 0.25) is 5.02 Å². The van der Waals surface area contributed by atoms with Crippen molar-refractivity contribution in [1.82, 2.24) is 9.55 Å². The van der Waals surface area contributed by atoms with E-state index in [0.29, 0.717) is 0 Å². The molecule has 1 N–H and O–H groups in total. The van der Waals surface area contributed by atoms with Crippen molar-refractivity contribution in [1.29, 1.82) is 0 Å². The summed E-state index contributed by atoms with van der Waals surface area (Å²) in [5.74, 6) is -2.44. The zero-order valence-electron chi connectivity index (χ0n) is 9.81. The van der Waals surface area contributed by atoms with Gasteiger partial charge in [-0.2, -0.15) is 9.37 Å². The average Bonchev–Trinajstić information content (AvgIpc) is 3.09. The topological polar surface area (TPSA) is 72.2 Å². The molecule has 104 valence electrons. The summed E-state index contributed by atoms with van der Waals surface area (Å²) in [6.07, 6.45) is 0.00321. The van der Waals surface area contributed by atoms with E-state index >= 15 is 0 Å². The van der Waals surface area contributed by atoms with Gasteiger partial charge in [0.2, 0.25) is 11.4 Å². The maximum absolute atomic E-state index is 13.4. The predicted molar refractivity (Wildman–Crippen MR) is 66.5 cm³/mol. The van der Waals surface area contributed by atoms with E-state index in [-0.39, 0.29) is 17.5 Å². The quantitative estimate of drug-likeness (QED) is 0.863. The average molecular weight is 301 g/mol. The van der Waals surface area contributed by atoms with Gasteiger partial charge in [-0.3, -0.25) is 4.79 Å². The summed E-state index contributed by atoms with van der Waals surface area (Å²) in [5.41, 5.74) is -1.46. The molecule has 0 bridgehead atoms. The number of rotatable bonds is 2. The number of fused-ring (bicyclic) bond motifs is 1. The molecule has 0 spiro atoms. The van der Waals surface area contributed by atoms with Crippen LogP contribution in [-0.4, -0.2) is 26.8 Å². The molecule has 0 radical (unpaired) electrons. The molecular formula is C12H7ClF2N2O3. The first kappa shape index (κ1) is 13.0. The van der Waals surface area contributed by atoms with Gasteiger partial charge >= 0.3 is 5.97 Å². The van der Waals surface area contributed by atoms with Crippen molar-refractivity contribution >= 4 is 28.6 Å². The molecule has 1 aliphatic carbocycles. The van der Waals surface area contributed by atoms with Gasteiger partial charge in [0.05, 0.1) is 16.5 Å². The summed E-state index contributed by atoms with van der Waals surface area (Å²) in [5, 5.41) is 8.47. The van der Waals surface area contributed by atoms with E-state index in [1.165, 1.54) is 4.57 Å². The molecular weight excluding hydrogens is 294 g/mol. The number of hydrogen-bond donors (Lipinski definition) is 1. The normalized spacial score (nSPS) is 21.1. The highest BCUT2D eigenvalue weighted by Gasteiger charge is 2.40. The van der Waals surface area contributed by atoms with Crippen molar-refractivity contribution in [3.05, 3.63) is 39.0 Å². The van der Waals surface area contributed by atoms with Crippen LogP contribution >= 0.6 is 11.6 Å². The SMILES string of the molecule is O=C(O)c1cn(C2CC2F)c2nc(F)c(Cl)cc2c1=O. The van der Waals surface area contributed by atoms with Crippen molar-refractivity contribution in [3.63, 3.8) is 0 Å². The fourth-order valence-corrected chi connectivity index (χ4v) is 2.22. The molecule has 2 aromatic rings. The molecule has 1 saturated carbocycles. The van der Waals surface area contributed by atoms with Crippen LogP contribution in [0.5, 0.6) is 0 Å². The summed E-state index contributed by atoms with van der Waals surface area (Å²) >= 11 is 5.56. The van der Waals surface area contributed by atoms with Gasteiger partial charge in [0, 0.05) is 12.6 Å². The van der Waals surface area contributed by atoms with E-state index in [4.69, 9.17) is 16.7 Å². The molecule has 1 aliphatic rings. The van der Waals surface area contributed by atoms with Crippen LogP contribution in [0.1, 0.15) is 22.8 Å². The first-order valence-corrected chi connectivity index (χ1v) is 6.06. The van der Waals surface area contributed by atoms with Crippen molar-refractivity contribution < 1.29 is 18.7 Å². The Morgan fingerprint density at radius 1 is 1.55 bits per heavy atom. The maximum atomic E-state index is 13.4. The molecule has 5 nitrogen and oxygen atoms in total. The van der Waals surface area contributed by atoms with Crippen molar-refractivity contribution in [2.45, 2.75) is 18.6 Å². The summed E-state index contributed by atoms with van der Waals surface area (Å²) in [4.78, 5) is 26.6. The third-order valence-corrected chi connectivity index (χ3v) is 3.45. The number of nitrogens with zero attached hydrogens (tertiary/aromatic N) is 2. The Labute approximate surface area is 115 Å². The Hall–Kier alpha value is -2.02. The second-order valence-corrected chi connectivity index (χ2v) is 4.94. The number of hydrogen-bond acceptors (Lipinski definition) is 3. The third-order valence-electron chi connectivity index (χ3n) is 3.18. The van der Waals surface area contributed by atoms with Crippen LogP contribution in [0.4, 0.5) is 8.78 Å².